The molecule has 0 fully saturated rings. The molecule has 0 aliphatic heterocycles. The number of aromatic nitrogens is 2. The zero-order chi connectivity index (χ0) is 12.4. The van der Waals surface area contributed by atoms with Crippen LogP contribution >= 0.6 is 11.8 Å². The summed E-state index contributed by atoms with van der Waals surface area (Å²) in [5, 5.41) is 1.47. The second kappa shape index (κ2) is 4.89. The summed E-state index contributed by atoms with van der Waals surface area (Å²) in [4.78, 5) is 8.57. The molecule has 0 radical (unpaired) electrons. The third-order valence-corrected chi connectivity index (χ3v) is 3.27. The average Bonchev–Trinajstić information content (AvgIpc) is 2.58. The summed E-state index contributed by atoms with van der Waals surface area (Å²) in [7, 11) is 0. The Morgan fingerprint density at radius 1 is 1.41 bits per heavy atom. The molecule has 0 bridgehead atoms. The molecule has 1 atom stereocenters. The van der Waals surface area contributed by atoms with Gasteiger partial charge in [0.2, 0.25) is 0 Å². The van der Waals surface area contributed by atoms with Gasteiger partial charge in [0, 0.05) is 12.2 Å². The number of pyridine rings is 1. The van der Waals surface area contributed by atoms with Crippen LogP contribution in [0.2, 0.25) is 0 Å². The Bertz CT molecular complexity index is 503. The zero-order valence-electron chi connectivity index (χ0n) is 10.1. The lowest BCUT2D eigenvalue weighted by Crippen LogP contribution is -2.04. The van der Waals surface area contributed by atoms with Gasteiger partial charge < -0.3 is 10.2 Å². The smallest absolute Gasteiger partial charge is 0.262 e. The molecule has 0 aromatic carbocycles. The summed E-state index contributed by atoms with van der Waals surface area (Å²) in [6, 6.07) is 3.88. The fraction of sp³-hybridized carbons (Fsp3) is 0.333. The normalized spacial score (nSPS) is 12.7. The van der Waals surface area contributed by atoms with Gasteiger partial charge >= 0.3 is 0 Å². The van der Waals surface area contributed by atoms with Crippen molar-refractivity contribution in [1.82, 2.24) is 9.97 Å². The Morgan fingerprint density at radius 3 is 2.76 bits per heavy atom. The average molecular weight is 249 g/mol. The van der Waals surface area contributed by atoms with Crippen molar-refractivity contribution in [2.75, 3.05) is 0 Å². The van der Waals surface area contributed by atoms with E-state index in [-0.39, 0.29) is 6.04 Å². The molecule has 0 spiro atoms. The maximum absolute atomic E-state index is 5.83. The molecule has 0 aliphatic rings. The first kappa shape index (κ1) is 12.1. The van der Waals surface area contributed by atoms with Gasteiger partial charge in [-0.25, -0.2) is 9.97 Å². The van der Waals surface area contributed by atoms with Crippen molar-refractivity contribution in [1.29, 1.82) is 0 Å². The van der Waals surface area contributed by atoms with Crippen molar-refractivity contribution in [2.45, 2.75) is 37.1 Å². The SMILES string of the molecule is Cc1nc(Sc2cc([C@@H](C)N)ccn2)oc1C. The van der Waals surface area contributed by atoms with Crippen LogP contribution in [0, 0.1) is 13.8 Å². The van der Waals surface area contributed by atoms with E-state index in [1.54, 1.807) is 6.20 Å². The van der Waals surface area contributed by atoms with Crippen LogP contribution in [0.1, 0.15) is 30.0 Å². The van der Waals surface area contributed by atoms with E-state index in [0.717, 1.165) is 22.0 Å². The monoisotopic (exact) mass is 249 g/mol. The molecule has 17 heavy (non-hydrogen) atoms. The highest BCUT2D eigenvalue weighted by atomic mass is 32.2. The second-order valence-electron chi connectivity index (χ2n) is 3.94. The lowest BCUT2D eigenvalue weighted by atomic mass is 10.1. The molecule has 4 nitrogen and oxygen atoms in total. The number of hydrogen-bond acceptors (Lipinski definition) is 5. The highest BCUT2D eigenvalue weighted by molar-refractivity contribution is 7.99. The maximum Gasteiger partial charge on any atom is 0.262 e. The molecule has 2 heterocycles. The summed E-state index contributed by atoms with van der Waals surface area (Å²) < 4.78 is 5.50. The summed E-state index contributed by atoms with van der Waals surface area (Å²) in [5.41, 5.74) is 7.80. The van der Waals surface area contributed by atoms with E-state index in [9.17, 15) is 0 Å². The van der Waals surface area contributed by atoms with Crippen LogP contribution in [-0.2, 0) is 0 Å². The van der Waals surface area contributed by atoms with Crippen LogP contribution in [0.5, 0.6) is 0 Å². The molecule has 2 rings (SSSR count). The lowest BCUT2D eigenvalue weighted by molar-refractivity contribution is 0.431. The number of hydrogen-bond donors (Lipinski definition) is 1. The van der Waals surface area contributed by atoms with E-state index in [0.29, 0.717) is 5.22 Å². The van der Waals surface area contributed by atoms with Crippen LogP contribution in [-0.4, -0.2) is 9.97 Å². The molecular weight excluding hydrogens is 234 g/mol. The fourth-order valence-electron chi connectivity index (χ4n) is 1.34. The third kappa shape index (κ3) is 2.87. The van der Waals surface area contributed by atoms with Gasteiger partial charge in [0.15, 0.2) is 0 Å². The van der Waals surface area contributed by atoms with Gasteiger partial charge in [0.05, 0.1) is 5.69 Å². The Kier molecular flexibility index (Phi) is 3.49. The minimum Gasteiger partial charge on any atom is -0.436 e. The summed E-state index contributed by atoms with van der Waals surface area (Å²) in [5.74, 6) is 0.843. The number of nitrogens with two attached hydrogens (primary N) is 1. The van der Waals surface area contributed by atoms with Crippen molar-refractivity contribution < 1.29 is 4.42 Å². The third-order valence-electron chi connectivity index (χ3n) is 2.49. The van der Waals surface area contributed by atoms with Crippen LogP contribution in [0.4, 0.5) is 0 Å². The van der Waals surface area contributed by atoms with E-state index in [1.807, 2.05) is 32.9 Å². The Labute approximate surface area is 105 Å². The van der Waals surface area contributed by atoms with E-state index >= 15 is 0 Å². The first-order valence-corrected chi connectivity index (χ1v) is 6.21. The standard InChI is InChI=1S/C12H15N3OS/c1-7(13)10-4-5-14-11(6-10)17-12-15-8(2)9(3)16-12/h4-7H,13H2,1-3H3/t7-/m1/s1. The number of oxazole rings is 1. The molecular formula is C12H15N3OS. The van der Waals surface area contributed by atoms with E-state index in [2.05, 4.69) is 9.97 Å². The first-order valence-electron chi connectivity index (χ1n) is 5.39. The van der Waals surface area contributed by atoms with Gasteiger partial charge in [0.25, 0.3) is 5.22 Å². The van der Waals surface area contributed by atoms with Crippen molar-refractivity contribution in [2.24, 2.45) is 5.73 Å². The molecule has 90 valence electrons. The predicted octanol–water partition coefficient (Wildman–Crippen LogP) is 2.86. The van der Waals surface area contributed by atoms with Gasteiger partial charge in [-0.1, -0.05) is 0 Å². The molecule has 0 amide bonds. The molecule has 2 aromatic heterocycles. The molecule has 2 N–H and O–H groups in total. The molecule has 0 saturated heterocycles. The molecule has 0 aliphatic carbocycles. The lowest BCUT2D eigenvalue weighted by Gasteiger charge is -2.05. The van der Waals surface area contributed by atoms with Gasteiger partial charge in [0.1, 0.15) is 10.8 Å². The van der Waals surface area contributed by atoms with E-state index in [4.69, 9.17) is 10.2 Å². The fourth-order valence-corrected chi connectivity index (χ4v) is 2.18. The van der Waals surface area contributed by atoms with Crippen molar-refractivity contribution >= 4 is 11.8 Å². The second-order valence-corrected chi connectivity index (χ2v) is 4.91. The Balaban J connectivity index is 2.21. The molecule has 0 saturated carbocycles. The highest BCUT2D eigenvalue weighted by Crippen LogP contribution is 2.27. The zero-order valence-corrected chi connectivity index (χ0v) is 10.9. The first-order chi connectivity index (χ1) is 8.06. The number of aryl methyl sites for hydroxylation is 2. The topological polar surface area (TPSA) is 64.9 Å². The van der Waals surface area contributed by atoms with Crippen molar-refractivity contribution in [3.63, 3.8) is 0 Å². The predicted molar refractivity (Wildman–Crippen MR) is 66.9 cm³/mol. The van der Waals surface area contributed by atoms with Crippen LogP contribution in [0.15, 0.2) is 33.0 Å². The van der Waals surface area contributed by atoms with E-state index in [1.165, 1.54) is 11.8 Å². The minimum absolute atomic E-state index is 0.00498. The van der Waals surface area contributed by atoms with Gasteiger partial charge in [-0.15, -0.1) is 0 Å². The maximum atomic E-state index is 5.83. The van der Waals surface area contributed by atoms with Crippen LogP contribution in [0.25, 0.3) is 0 Å². The molecule has 0 unspecified atom stereocenters. The quantitative estimate of drug-likeness (QED) is 0.906. The van der Waals surface area contributed by atoms with Gasteiger partial charge in [-0.3, -0.25) is 0 Å². The van der Waals surface area contributed by atoms with Gasteiger partial charge in [-0.05, 0) is 50.2 Å². The Hall–Kier alpha value is -1.33. The summed E-state index contributed by atoms with van der Waals surface area (Å²) >= 11 is 1.41. The van der Waals surface area contributed by atoms with Gasteiger partial charge in [-0.2, -0.15) is 0 Å². The van der Waals surface area contributed by atoms with E-state index < -0.39 is 0 Å². The summed E-state index contributed by atoms with van der Waals surface area (Å²) in [6.07, 6.45) is 1.75. The number of rotatable bonds is 3. The molecule has 5 heteroatoms. The number of nitrogens with zero attached hydrogens (tertiary/aromatic N) is 2. The minimum atomic E-state index is 0.00498. The van der Waals surface area contributed by atoms with Crippen molar-refractivity contribution in [3.05, 3.63) is 35.3 Å². The molecule has 2 aromatic rings. The van der Waals surface area contributed by atoms with Crippen LogP contribution in [0.3, 0.4) is 0 Å². The Morgan fingerprint density at radius 2 is 2.18 bits per heavy atom. The summed E-state index contributed by atoms with van der Waals surface area (Å²) in [6.45, 7) is 5.77. The highest BCUT2D eigenvalue weighted by Gasteiger charge is 2.09. The largest absolute Gasteiger partial charge is 0.436 e. The van der Waals surface area contributed by atoms with Crippen LogP contribution < -0.4 is 5.73 Å². The van der Waals surface area contributed by atoms with Crippen molar-refractivity contribution in [3.8, 4) is 0 Å².